The van der Waals surface area contributed by atoms with Crippen LogP contribution in [0.5, 0.6) is 0 Å². The zero-order chi connectivity index (χ0) is 8.84. The van der Waals surface area contributed by atoms with Crippen LogP contribution in [0.15, 0.2) is 29.8 Å². The van der Waals surface area contributed by atoms with Crippen molar-refractivity contribution < 1.29 is 0 Å². The SMILES string of the molecule is Cn1c2ccccc2c2ncsc21. The third-order valence-corrected chi connectivity index (χ3v) is 3.28. The second-order valence-electron chi connectivity index (χ2n) is 3.08. The quantitative estimate of drug-likeness (QED) is 0.530. The fraction of sp³-hybridized carbons (Fsp3) is 0.100. The first-order valence-electron chi connectivity index (χ1n) is 4.14. The maximum absolute atomic E-state index is 4.37. The monoisotopic (exact) mass is 188 g/mol. The average Bonchev–Trinajstić information content (AvgIpc) is 2.72. The number of fused-ring (bicyclic) bond motifs is 3. The highest BCUT2D eigenvalue weighted by atomic mass is 32.1. The van der Waals surface area contributed by atoms with E-state index < -0.39 is 0 Å². The van der Waals surface area contributed by atoms with Gasteiger partial charge in [0, 0.05) is 12.4 Å². The molecule has 0 bridgehead atoms. The zero-order valence-corrected chi connectivity index (χ0v) is 8.01. The van der Waals surface area contributed by atoms with Crippen molar-refractivity contribution >= 4 is 32.6 Å². The van der Waals surface area contributed by atoms with Crippen LogP contribution >= 0.6 is 11.3 Å². The Balaban J connectivity index is 2.72. The van der Waals surface area contributed by atoms with Gasteiger partial charge in [-0.3, -0.25) is 0 Å². The van der Waals surface area contributed by atoms with Gasteiger partial charge in [-0.2, -0.15) is 0 Å². The molecular weight excluding hydrogens is 180 g/mol. The summed E-state index contributed by atoms with van der Waals surface area (Å²) in [5, 5.41) is 1.25. The molecule has 2 aromatic heterocycles. The smallest absolute Gasteiger partial charge is 0.123 e. The molecule has 13 heavy (non-hydrogen) atoms. The summed E-state index contributed by atoms with van der Waals surface area (Å²) in [7, 11) is 2.09. The van der Waals surface area contributed by atoms with Crippen LogP contribution in [-0.4, -0.2) is 9.55 Å². The molecule has 2 heterocycles. The van der Waals surface area contributed by atoms with E-state index in [4.69, 9.17) is 0 Å². The standard InChI is InChI=1S/C10H8N2S/c1-12-8-5-3-2-4-7(8)9-10(12)13-6-11-9/h2-6H,1H3. The van der Waals surface area contributed by atoms with Crippen LogP contribution in [-0.2, 0) is 7.05 Å². The molecule has 3 rings (SSSR count). The molecule has 0 spiro atoms. The van der Waals surface area contributed by atoms with E-state index in [0.717, 1.165) is 5.52 Å². The molecule has 0 atom stereocenters. The molecule has 3 aromatic rings. The first-order valence-corrected chi connectivity index (χ1v) is 5.02. The maximum Gasteiger partial charge on any atom is 0.123 e. The van der Waals surface area contributed by atoms with Crippen molar-refractivity contribution in [1.29, 1.82) is 0 Å². The summed E-state index contributed by atoms with van der Waals surface area (Å²) in [5.74, 6) is 0. The van der Waals surface area contributed by atoms with Gasteiger partial charge in [0.25, 0.3) is 0 Å². The van der Waals surface area contributed by atoms with Gasteiger partial charge < -0.3 is 4.57 Å². The van der Waals surface area contributed by atoms with Crippen molar-refractivity contribution in [2.75, 3.05) is 0 Å². The summed E-state index contributed by atoms with van der Waals surface area (Å²) < 4.78 is 2.20. The molecule has 1 aromatic carbocycles. The predicted molar refractivity (Wildman–Crippen MR) is 56.1 cm³/mol. The second-order valence-corrected chi connectivity index (χ2v) is 3.92. The van der Waals surface area contributed by atoms with Crippen LogP contribution in [0.4, 0.5) is 0 Å². The van der Waals surface area contributed by atoms with Crippen molar-refractivity contribution in [2.24, 2.45) is 7.05 Å². The Bertz CT molecular complexity index is 577. The summed E-state index contributed by atoms with van der Waals surface area (Å²) in [6.45, 7) is 0. The minimum atomic E-state index is 1.13. The Morgan fingerprint density at radius 2 is 2.15 bits per heavy atom. The number of hydrogen-bond acceptors (Lipinski definition) is 2. The van der Waals surface area contributed by atoms with Gasteiger partial charge in [-0.15, -0.1) is 11.3 Å². The van der Waals surface area contributed by atoms with Gasteiger partial charge in [-0.1, -0.05) is 18.2 Å². The molecule has 0 fully saturated rings. The number of thiazole rings is 1. The average molecular weight is 188 g/mol. The van der Waals surface area contributed by atoms with Crippen LogP contribution < -0.4 is 0 Å². The fourth-order valence-corrected chi connectivity index (χ4v) is 2.53. The van der Waals surface area contributed by atoms with Crippen molar-refractivity contribution in [1.82, 2.24) is 9.55 Å². The van der Waals surface area contributed by atoms with Gasteiger partial charge in [0.2, 0.25) is 0 Å². The van der Waals surface area contributed by atoms with E-state index in [2.05, 4.69) is 40.9 Å². The molecule has 0 N–H and O–H groups in total. The zero-order valence-electron chi connectivity index (χ0n) is 7.19. The van der Waals surface area contributed by atoms with Gasteiger partial charge in [-0.25, -0.2) is 4.98 Å². The Morgan fingerprint density at radius 3 is 3.08 bits per heavy atom. The van der Waals surface area contributed by atoms with E-state index in [0.29, 0.717) is 0 Å². The summed E-state index contributed by atoms with van der Waals surface area (Å²) >= 11 is 1.69. The molecule has 2 nitrogen and oxygen atoms in total. The lowest BCUT2D eigenvalue weighted by Crippen LogP contribution is -1.83. The van der Waals surface area contributed by atoms with Gasteiger partial charge in [0.05, 0.1) is 11.0 Å². The maximum atomic E-state index is 4.37. The van der Waals surface area contributed by atoms with Crippen LogP contribution in [0, 0.1) is 0 Å². The van der Waals surface area contributed by atoms with Crippen molar-refractivity contribution in [3.8, 4) is 0 Å². The van der Waals surface area contributed by atoms with E-state index in [1.54, 1.807) is 11.3 Å². The number of rotatable bonds is 0. The van der Waals surface area contributed by atoms with E-state index in [9.17, 15) is 0 Å². The van der Waals surface area contributed by atoms with E-state index in [1.807, 2.05) is 5.51 Å². The molecule has 64 valence electrons. The van der Waals surface area contributed by atoms with E-state index in [-0.39, 0.29) is 0 Å². The molecule has 0 radical (unpaired) electrons. The molecule has 0 unspecified atom stereocenters. The molecule has 0 amide bonds. The molecule has 3 heteroatoms. The number of aryl methyl sites for hydroxylation is 1. The van der Waals surface area contributed by atoms with Gasteiger partial charge in [-0.05, 0) is 6.07 Å². The molecule has 0 aliphatic heterocycles. The minimum Gasteiger partial charge on any atom is -0.334 e. The van der Waals surface area contributed by atoms with E-state index >= 15 is 0 Å². The molecule has 0 aliphatic carbocycles. The van der Waals surface area contributed by atoms with Crippen LogP contribution in [0.25, 0.3) is 21.3 Å². The summed E-state index contributed by atoms with van der Waals surface area (Å²) in [4.78, 5) is 5.62. The highest BCUT2D eigenvalue weighted by Gasteiger charge is 2.08. The third-order valence-electron chi connectivity index (χ3n) is 2.37. The summed E-state index contributed by atoms with van der Waals surface area (Å²) in [6.07, 6.45) is 0. The first kappa shape index (κ1) is 7.09. The summed E-state index contributed by atoms with van der Waals surface area (Å²) in [5.41, 5.74) is 4.29. The second kappa shape index (κ2) is 2.33. The van der Waals surface area contributed by atoms with Gasteiger partial charge in [0.1, 0.15) is 10.3 Å². The van der Waals surface area contributed by atoms with Crippen molar-refractivity contribution in [2.45, 2.75) is 0 Å². The minimum absolute atomic E-state index is 1.13. The normalized spacial score (nSPS) is 11.5. The number of aromatic nitrogens is 2. The highest BCUT2D eigenvalue weighted by Crippen LogP contribution is 2.28. The van der Waals surface area contributed by atoms with Crippen LogP contribution in [0.2, 0.25) is 0 Å². The Kier molecular flexibility index (Phi) is 1.27. The number of para-hydroxylation sites is 1. The first-order chi connectivity index (χ1) is 6.38. The number of benzene rings is 1. The Hall–Kier alpha value is -1.35. The molecule has 0 saturated carbocycles. The predicted octanol–water partition coefficient (Wildman–Crippen LogP) is 2.79. The van der Waals surface area contributed by atoms with E-state index in [1.165, 1.54) is 15.7 Å². The molecule has 0 aliphatic rings. The molecular formula is C10H8N2S. The lowest BCUT2D eigenvalue weighted by atomic mass is 10.2. The Labute approximate surface area is 79.4 Å². The fourth-order valence-electron chi connectivity index (χ4n) is 1.74. The van der Waals surface area contributed by atoms with Crippen molar-refractivity contribution in [3.05, 3.63) is 29.8 Å². The Morgan fingerprint density at radius 1 is 1.31 bits per heavy atom. The number of hydrogen-bond donors (Lipinski definition) is 0. The third kappa shape index (κ3) is 0.795. The topological polar surface area (TPSA) is 17.8 Å². The van der Waals surface area contributed by atoms with Crippen LogP contribution in [0.1, 0.15) is 0 Å². The van der Waals surface area contributed by atoms with Gasteiger partial charge >= 0.3 is 0 Å². The molecule has 0 saturated heterocycles. The highest BCUT2D eigenvalue weighted by molar-refractivity contribution is 7.16. The largest absolute Gasteiger partial charge is 0.334 e. The van der Waals surface area contributed by atoms with Crippen LogP contribution in [0.3, 0.4) is 0 Å². The van der Waals surface area contributed by atoms with Gasteiger partial charge in [0.15, 0.2) is 0 Å². The van der Waals surface area contributed by atoms with Crippen molar-refractivity contribution in [3.63, 3.8) is 0 Å². The lowest BCUT2D eigenvalue weighted by molar-refractivity contribution is 1.02. The lowest BCUT2D eigenvalue weighted by Gasteiger charge is -1.93. The number of nitrogens with zero attached hydrogens (tertiary/aromatic N) is 2. The summed E-state index contributed by atoms with van der Waals surface area (Å²) in [6, 6.07) is 8.37.